The standard InChI is InChI=1S/C13H14BrN3O/c1-13(4-5-16-8-13)12(18)17-11-6-10(14)3-2-9(11)7-15/h2-3,6,16H,4-5,8H2,1H3,(H,17,18). The number of hydrogen-bond donors (Lipinski definition) is 2. The van der Waals surface area contributed by atoms with Gasteiger partial charge >= 0.3 is 0 Å². The van der Waals surface area contributed by atoms with E-state index >= 15 is 0 Å². The number of rotatable bonds is 2. The smallest absolute Gasteiger partial charge is 0.231 e. The van der Waals surface area contributed by atoms with E-state index in [1.54, 1.807) is 18.2 Å². The van der Waals surface area contributed by atoms with Crippen molar-refractivity contribution in [3.05, 3.63) is 28.2 Å². The summed E-state index contributed by atoms with van der Waals surface area (Å²) in [7, 11) is 0. The van der Waals surface area contributed by atoms with Crippen LogP contribution in [0.15, 0.2) is 22.7 Å². The Morgan fingerprint density at radius 1 is 1.61 bits per heavy atom. The van der Waals surface area contributed by atoms with Gasteiger partial charge in [-0.2, -0.15) is 5.26 Å². The van der Waals surface area contributed by atoms with E-state index in [2.05, 4.69) is 32.6 Å². The second-order valence-electron chi connectivity index (χ2n) is 4.74. The van der Waals surface area contributed by atoms with Gasteiger partial charge in [-0.15, -0.1) is 0 Å². The zero-order valence-electron chi connectivity index (χ0n) is 10.1. The number of amides is 1. The Hall–Kier alpha value is -1.38. The number of carbonyl (C=O) groups excluding carboxylic acids is 1. The molecule has 0 aliphatic carbocycles. The van der Waals surface area contributed by atoms with Crippen molar-refractivity contribution in [2.45, 2.75) is 13.3 Å². The third-order valence-electron chi connectivity index (χ3n) is 3.27. The largest absolute Gasteiger partial charge is 0.324 e. The van der Waals surface area contributed by atoms with Crippen molar-refractivity contribution < 1.29 is 4.79 Å². The van der Waals surface area contributed by atoms with Crippen molar-refractivity contribution in [3.63, 3.8) is 0 Å². The number of hydrogen-bond acceptors (Lipinski definition) is 3. The number of nitrogens with zero attached hydrogens (tertiary/aromatic N) is 1. The lowest BCUT2D eigenvalue weighted by Gasteiger charge is -2.21. The zero-order chi connectivity index (χ0) is 13.2. The normalized spacial score (nSPS) is 22.5. The highest BCUT2D eigenvalue weighted by molar-refractivity contribution is 9.10. The average molecular weight is 308 g/mol. The Morgan fingerprint density at radius 2 is 2.39 bits per heavy atom. The first-order valence-corrected chi connectivity index (χ1v) is 6.56. The first-order chi connectivity index (χ1) is 8.55. The van der Waals surface area contributed by atoms with Gasteiger partial charge in [-0.05, 0) is 38.1 Å². The molecule has 1 fully saturated rings. The summed E-state index contributed by atoms with van der Waals surface area (Å²) in [5.41, 5.74) is 0.640. The van der Waals surface area contributed by atoms with Crippen LogP contribution in [0.3, 0.4) is 0 Å². The number of nitriles is 1. The molecule has 5 heteroatoms. The third-order valence-corrected chi connectivity index (χ3v) is 3.76. The molecular weight excluding hydrogens is 294 g/mol. The summed E-state index contributed by atoms with van der Waals surface area (Å²) in [6, 6.07) is 7.31. The lowest BCUT2D eigenvalue weighted by atomic mass is 9.88. The summed E-state index contributed by atoms with van der Waals surface area (Å²) < 4.78 is 0.839. The average Bonchev–Trinajstić information content (AvgIpc) is 2.78. The summed E-state index contributed by atoms with van der Waals surface area (Å²) in [4.78, 5) is 12.2. The molecule has 1 amide bonds. The molecule has 1 heterocycles. The first kappa shape index (κ1) is 13.1. The van der Waals surface area contributed by atoms with E-state index in [1.807, 2.05) is 6.92 Å². The fourth-order valence-electron chi connectivity index (χ4n) is 2.00. The van der Waals surface area contributed by atoms with Crippen molar-refractivity contribution in [3.8, 4) is 6.07 Å². The molecule has 0 saturated carbocycles. The van der Waals surface area contributed by atoms with Crippen LogP contribution in [0.4, 0.5) is 5.69 Å². The Morgan fingerprint density at radius 3 is 3.00 bits per heavy atom. The van der Waals surface area contributed by atoms with Crippen LogP contribution in [0.2, 0.25) is 0 Å². The van der Waals surface area contributed by atoms with E-state index in [-0.39, 0.29) is 5.91 Å². The van der Waals surface area contributed by atoms with E-state index < -0.39 is 5.41 Å². The molecular formula is C13H14BrN3O. The fourth-order valence-corrected chi connectivity index (χ4v) is 2.36. The molecule has 1 aromatic rings. The highest BCUT2D eigenvalue weighted by Crippen LogP contribution is 2.28. The fraction of sp³-hybridized carbons (Fsp3) is 0.385. The third kappa shape index (κ3) is 2.55. The van der Waals surface area contributed by atoms with Crippen LogP contribution in [-0.4, -0.2) is 19.0 Å². The molecule has 1 atom stereocenters. The van der Waals surface area contributed by atoms with Crippen LogP contribution in [0.1, 0.15) is 18.9 Å². The number of benzene rings is 1. The van der Waals surface area contributed by atoms with Crippen molar-refractivity contribution in [1.29, 1.82) is 5.26 Å². The van der Waals surface area contributed by atoms with Crippen LogP contribution < -0.4 is 10.6 Å². The van der Waals surface area contributed by atoms with Gasteiger partial charge in [0.2, 0.25) is 5.91 Å². The highest BCUT2D eigenvalue weighted by atomic mass is 79.9. The van der Waals surface area contributed by atoms with Gasteiger partial charge in [-0.3, -0.25) is 4.79 Å². The maximum atomic E-state index is 12.2. The monoisotopic (exact) mass is 307 g/mol. The van der Waals surface area contributed by atoms with Gasteiger partial charge in [-0.25, -0.2) is 0 Å². The summed E-state index contributed by atoms with van der Waals surface area (Å²) >= 11 is 3.34. The Kier molecular flexibility index (Phi) is 3.69. The summed E-state index contributed by atoms with van der Waals surface area (Å²) in [6.07, 6.45) is 0.814. The van der Waals surface area contributed by atoms with Gasteiger partial charge < -0.3 is 10.6 Å². The van der Waals surface area contributed by atoms with Crippen LogP contribution in [0.5, 0.6) is 0 Å². The Labute approximate surface area is 115 Å². The number of halogens is 1. The van der Waals surface area contributed by atoms with E-state index in [1.165, 1.54) is 0 Å². The van der Waals surface area contributed by atoms with Crippen LogP contribution in [-0.2, 0) is 4.79 Å². The molecule has 4 nitrogen and oxygen atoms in total. The SMILES string of the molecule is CC1(C(=O)Nc2cc(Br)ccc2C#N)CCNC1. The summed E-state index contributed by atoms with van der Waals surface area (Å²) in [6.45, 7) is 3.47. The van der Waals surface area contributed by atoms with Crippen LogP contribution in [0.25, 0.3) is 0 Å². The molecule has 1 unspecified atom stereocenters. The van der Waals surface area contributed by atoms with E-state index in [0.29, 0.717) is 17.8 Å². The highest BCUT2D eigenvalue weighted by Gasteiger charge is 2.36. The molecule has 2 rings (SSSR count). The molecule has 1 saturated heterocycles. The lowest BCUT2D eigenvalue weighted by molar-refractivity contribution is -0.123. The van der Waals surface area contributed by atoms with Gasteiger partial charge in [-0.1, -0.05) is 15.9 Å². The molecule has 94 valence electrons. The van der Waals surface area contributed by atoms with Gasteiger partial charge in [0.1, 0.15) is 6.07 Å². The van der Waals surface area contributed by atoms with E-state index in [4.69, 9.17) is 5.26 Å². The zero-order valence-corrected chi connectivity index (χ0v) is 11.7. The van der Waals surface area contributed by atoms with Gasteiger partial charge in [0, 0.05) is 11.0 Å². The molecule has 1 aliphatic heterocycles. The molecule has 1 aromatic carbocycles. The molecule has 0 radical (unpaired) electrons. The number of carbonyl (C=O) groups is 1. The molecule has 18 heavy (non-hydrogen) atoms. The van der Waals surface area contributed by atoms with Crippen molar-refractivity contribution >= 4 is 27.5 Å². The topological polar surface area (TPSA) is 64.9 Å². The van der Waals surface area contributed by atoms with Crippen molar-refractivity contribution in [2.75, 3.05) is 18.4 Å². The molecule has 0 spiro atoms. The van der Waals surface area contributed by atoms with Crippen molar-refractivity contribution in [1.82, 2.24) is 5.32 Å². The van der Waals surface area contributed by atoms with Crippen LogP contribution in [0, 0.1) is 16.7 Å². The maximum absolute atomic E-state index is 12.2. The van der Waals surface area contributed by atoms with Gasteiger partial charge in [0.25, 0.3) is 0 Å². The Balaban J connectivity index is 2.21. The minimum absolute atomic E-state index is 0.0397. The predicted molar refractivity (Wildman–Crippen MR) is 73.1 cm³/mol. The van der Waals surface area contributed by atoms with Crippen LogP contribution >= 0.6 is 15.9 Å². The second kappa shape index (κ2) is 5.09. The van der Waals surface area contributed by atoms with Crippen molar-refractivity contribution in [2.24, 2.45) is 5.41 Å². The summed E-state index contributed by atoms with van der Waals surface area (Å²) in [5.74, 6) is -0.0397. The molecule has 0 bridgehead atoms. The Bertz CT molecular complexity index is 515. The molecule has 2 N–H and O–H groups in total. The minimum atomic E-state index is -0.394. The molecule has 0 aromatic heterocycles. The summed E-state index contributed by atoms with van der Waals surface area (Å²) in [5, 5.41) is 15.1. The maximum Gasteiger partial charge on any atom is 0.231 e. The van der Waals surface area contributed by atoms with Gasteiger partial charge in [0.15, 0.2) is 0 Å². The second-order valence-corrected chi connectivity index (χ2v) is 5.66. The van der Waals surface area contributed by atoms with E-state index in [9.17, 15) is 4.79 Å². The van der Waals surface area contributed by atoms with Gasteiger partial charge in [0.05, 0.1) is 16.7 Å². The quantitative estimate of drug-likeness (QED) is 0.881. The first-order valence-electron chi connectivity index (χ1n) is 5.77. The number of nitrogens with one attached hydrogen (secondary N) is 2. The molecule has 1 aliphatic rings. The lowest BCUT2D eigenvalue weighted by Crippen LogP contribution is -2.35. The van der Waals surface area contributed by atoms with E-state index in [0.717, 1.165) is 17.4 Å². The number of anilines is 1. The minimum Gasteiger partial charge on any atom is -0.324 e. The predicted octanol–water partition coefficient (Wildman–Crippen LogP) is 2.26.